The molecule has 1 aliphatic rings. The lowest BCUT2D eigenvalue weighted by Crippen LogP contribution is -2.54. The van der Waals surface area contributed by atoms with Gasteiger partial charge in [0.15, 0.2) is 14.3 Å². The number of hydrogen-bond acceptors (Lipinski definition) is 4. The van der Waals surface area contributed by atoms with E-state index in [0.717, 1.165) is 12.8 Å². The summed E-state index contributed by atoms with van der Waals surface area (Å²) in [5, 5.41) is 9.96. The first-order valence-corrected chi connectivity index (χ1v) is 21.1. The highest BCUT2D eigenvalue weighted by Crippen LogP contribution is 2.44. The molecule has 0 aliphatic heterocycles. The summed E-state index contributed by atoms with van der Waals surface area (Å²) >= 11 is 0. The van der Waals surface area contributed by atoms with Gasteiger partial charge >= 0.3 is 0 Å². The fraction of sp³-hybridized carbons (Fsp3) is 0.136. The minimum absolute atomic E-state index is 0.339. The maximum atomic E-state index is 15.3. The van der Waals surface area contributed by atoms with Gasteiger partial charge < -0.3 is 19.8 Å². The van der Waals surface area contributed by atoms with E-state index in [1.54, 1.807) is 36.4 Å². The smallest absolute Gasteiger partial charge is 0.252 e. The summed E-state index contributed by atoms with van der Waals surface area (Å²) in [7, 11) is -6.86. The van der Waals surface area contributed by atoms with Crippen molar-refractivity contribution in [1.29, 1.82) is 0 Å². The van der Waals surface area contributed by atoms with E-state index in [1.807, 2.05) is 133 Å². The molecule has 2 amide bonds. The van der Waals surface area contributed by atoms with Gasteiger partial charge in [0.05, 0.1) is 11.1 Å². The van der Waals surface area contributed by atoms with Crippen LogP contribution in [-0.4, -0.2) is 23.9 Å². The van der Waals surface area contributed by atoms with E-state index in [1.165, 1.54) is 0 Å². The fourth-order valence-electron chi connectivity index (χ4n) is 7.26. The third kappa shape index (κ3) is 6.85. The molecule has 0 bridgehead atoms. The molecular formula is C44H40N2O4P2. The highest BCUT2D eigenvalue weighted by Gasteiger charge is 2.37. The lowest BCUT2D eigenvalue weighted by atomic mass is 9.89. The molecule has 2 N–H and O–H groups in total. The number of carbonyl (C=O) groups excluding carboxylic acids is 2. The molecule has 0 aromatic heterocycles. The molecule has 7 rings (SSSR count). The topological polar surface area (TPSA) is 92.3 Å². The summed E-state index contributed by atoms with van der Waals surface area (Å²) in [6.45, 7) is 0. The molecule has 52 heavy (non-hydrogen) atoms. The van der Waals surface area contributed by atoms with Crippen LogP contribution >= 0.6 is 14.3 Å². The number of carbonyl (C=O) groups is 2. The molecule has 6 aromatic carbocycles. The van der Waals surface area contributed by atoms with E-state index in [9.17, 15) is 9.59 Å². The van der Waals surface area contributed by atoms with Crippen molar-refractivity contribution in [2.24, 2.45) is 0 Å². The van der Waals surface area contributed by atoms with Gasteiger partial charge in [0.2, 0.25) is 0 Å². The monoisotopic (exact) mass is 722 g/mol. The zero-order chi connectivity index (χ0) is 36.0. The highest BCUT2D eigenvalue weighted by molar-refractivity contribution is 7.86. The van der Waals surface area contributed by atoms with E-state index in [0.29, 0.717) is 55.8 Å². The van der Waals surface area contributed by atoms with Crippen LogP contribution in [0.5, 0.6) is 0 Å². The van der Waals surface area contributed by atoms with Gasteiger partial charge in [-0.2, -0.15) is 0 Å². The molecule has 1 saturated carbocycles. The SMILES string of the molecule is O=C(NC1CCCCC1NC(=O)c1ccccc1P(=O)(c1ccccc1)c1ccccc1)c1ccccc1P(=O)(c1ccccc1)c1ccccc1. The van der Waals surface area contributed by atoms with Gasteiger partial charge in [-0.15, -0.1) is 0 Å². The van der Waals surface area contributed by atoms with Gasteiger partial charge in [-0.1, -0.05) is 171 Å². The van der Waals surface area contributed by atoms with E-state index in [-0.39, 0.29) is 23.9 Å². The van der Waals surface area contributed by atoms with Gasteiger partial charge in [-0.25, -0.2) is 0 Å². The van der Waals surface area contributed by atoms with Crippen LogP contribution in [0.1, 0.15) is 46.4 Å². The molecule has 2 atom stereocenters. The van der Waals surface area contributed by atoms with Gasteiger partial charge in [-0.05, 0) is 25.0 Å². The molecule has 1 aliphatic carbocycles. The third-order valence-corrected chi connectivity index (χ3v) is 16.1. The predicted octanol–water partition coefficient (Wildman–Crippen LogP) is 6.44. The highest BCUT2D eigenvalue weighted by atomic mass is 31.2. The van der Waals surface area contributed by atoms with Crippen LogP contribution in [0.15, 0.2) is 170 Å². The first-order valence-electron chi connectivity index (χ1n) is 17.6. The van der Waals surface area contributed by atoms with Crippen LogP contribution in [0.2, 0.25) is 0 Å². The van der Waals surface area contributed by atoms with Gasteiger partial charge in [-0.3, -0.25) is 9.59 Å². The number of nitrogens with one attached hydrogen (secondary N) is 2. The molecule has 6 nitrogen and oxygen atoms in total. The molecule has 1 fully saturated rings. The van der Waals surface area contributed by atoms with Crippen LogP contribution in [-0.2, 0) is 9.13 Å². The van der Waals surface area contributed by atoms with Crippen molar-refractivity contribution >= 4 is 57.9 Å². The zero-order valence-electron chi connectivity index (χ0n) is 28.7. The fourth-order valence-corrected chi connectivity index (χ4v) is 13.0. The number of rotatable bonds is 10. The van der Waals surface area contributed by atoms with Crippen LogP contribution in [0.4, 0.5) is 0 Å². The standard InChI is InChI=1S/C44H40N2O4P2/c47-43(37-27-13-17-31-41(37)51(49,33-19-5-1-6-20-33)34-21-7-2-8-22-34)45-39-29-15-16-30-40(39)46-44(48)38-28-14-18-32-42(38)52(50,35-23-9-3-10-24-35)36-25-11-4-12-26-36/h1-14,17-28,31-32,39-40H,15-16,29-30H2,(H,45,47)(H,46,48). The normalized spacial score (nSPS) is 16.1. The summed E-state index contributed by atoms with van der Waals surface area (Å²) in [6.07, 6.45) is 3.11. The lowest BCUT2D eigenvalue weighted by molar-refractivity contribution is 0.0864. The van der Waals surface area contributed by atoms with Crippen molar-refractivity contribution in [2.45, 2.75) is 37.8 Å². The third-order valence-electron chi connectivity index (χ3n) is 9.85. The number of amides is 2. The van der Waals surface area contributed by atoms with Gasteiger partial charge in [0.25, 0.3) is 11.8 Å². The minimum Gasteiger partial charge on any atom is -0.347 e. The molecule has 0 saturated heterocycles. The molecule has 0 heterocycles. The Labute approximate surface area is 305 Å². The number of benzene rings is 6. The van der Waals surface area contributed by atoms with Crippen molar-refractivity contribution in [3.05, 3.63) is 181 Å². The summed E-state index contributed by atoms with van der Waals surface area (Å²) in [6, 6.07) is 50.7. The van der Waals surface area contributed by atoms with E-state index in [4.69, 9.17) is 0 Å². The quantitative estimate of drug-likeness (QED) is 0.160. The Kier molecular flexibility index (Phi) is 10.5. The second kappa shape index (κ2) is 15.5. The van der Waals surface area contributed by atoms with E-state index in [2.05, 4.69) is 10.6 Å². The van der Waals surface area contributed by atoms with Crippen LogP contribution in [0.25, 0.3) is 0 Å². The van der Waals surface area contributed by atoms with E-state index >= 15 is 9.13 Å². The Bertz CT molecular complexity index is 2010. The predicted molar refractivity (Wildman–Crippen MR) is 213 cm³/mol. The lowest BCUT2D eigenvalue weighted by Gasteiger charge is -2.33. The average molecular weight is 723 g/mol. The Morgan fingerprint density at radius 2 is 0.673 bits per heavy atom. The van der Waals surface area contributed by atoms with Crippen molar-refractivity contribution < 1.29 is 18.7 Å². The van der Waals surface area contributed by atoms with Crippen molar-refractivity contribution in [3.63, 3.8) is 0 Å². The Balaban J connectivity index is 1.19. The van der Waals surface area contributed by atoms with Crippen LogP contribution < -0.4 is 42.5 Å². The molecular weight excluding hydrogens is 682 g/mol. The summed E-state index contributed by atoms with van der Waals surface area (Å²) < 4.78 is 30.5. The van der Waals surface area contributed by atoms with Gasteiger partial charge in [0, 0.05) is 43.9 Å². The Hall–Kier alpha value is -5.28. The zero-order valence-corrected chi connectivity index (χ0v) is 30.5. The molecule has 0 radical (unpaired) electrons. The molecule has 260 valence electrons. The first kappa shape index (κ1) is 35.1. The summed E-state index contributed by atoms with van der Waals surface area (Å²) in [4.78, 5) is 28.5. The summed E-state index contributed by atoms with van der Waals surface area (Å²) in [5.74, 6) is -0.682. The van der Waals surface area contributed by atoms with Crippen LogP contribution in [0, 0.1) is 0 Å². The van der Waals surface area contributed by atoms with Crippen LogP contribution in [0.3, 0.4) is 0 Å². The Morgan fingerprint density at radius 3 is 0.981 bits per heavy atom. The van der Waals surface area contributed by atoms with Crippen molar-refractivity contribution in [3.8, 4) is 0 Å². The largest absolute Gasteiger partial charge is 0.347 e. The van der Waals surface area contributed by atoms with Gasteiger partial charge in [0.1, 0.15) is 0 Å². The first-order chi connectivity index (χ1) is 25.4. The van der Waals surface area contributed by atoms with E-state index < -0.39 is 14.3 Å². The minimum atomic E-state index is -3.43. The summed E-state index contributed by atoms with van der Waals surface area (Å²) in [5.41, 5.74) is 0.678. The molecule has 6 aromatic rings. The van der Waals surface area contributed by atoms with Crippen molar-refractivity contribution in [1.82, 2.24) is 10.6 Å². The maximum absolute atomic E-state index is 15.3. The molecule has 0 spiro atoms. The maximum Gasteiger partial charge on any atom is 0.252 e. The molecule has 8 heteroatoms. The average Bonchev–Trinajstić information content (AvgIpc) is 3.22. The number of hydrogen-bond donors (Lipinski definition) is 2. The van der Waals surface area contributed by atoms with Crippen molar-refractivity contribution in [2.75, 3.05) is 0 Å². The second-order valence-electron chi connectivity index (χ2n) is 13.0. The second-order valence-corrected chi connectivity index (χ2v) is 18.5. The molecule has 2 unspecified atom stereocenters. The Morgan fingerprint density at radius 1 is 0.404 bits per heavy atom.